The van der Waals surface area contributed by atoms with Crippen LogP contribution in [0.2, 0.25) is 0 Å². The number of hydrogen-bond donors (Lipinski definition) is 0. The maximum absolute atomic E-state index is 13.5. The van der Waals surface area contributed by atoms with Crippen molar-refractivity contribution >= 4 is 5.97 Å². The summed E-state index contributed by atoms with van der Waals surface area (Å²) in [5.74, 6) is 1.66. The van der Waals surface area contributed by atoms with Crippen molar-refractivity contribution in [2.24, 2.45) is 23.2 Å². The molecule has 6 heteroatoms. The van der Waals surface area contributed by atoms with E-state index in [4.69, 9.17) is 23.7 Å². The van der Waals surface area contributed by atoms with E-state index in [9.17, 15) is 4.79 Å². The van der Waals surface area contributed by atoms with Crippen LogP contribution in [0.25, 0.3) is 0 Å². The third-order valence-corrected chi connectivity index (χ3v) is 11.5. The first-order valence-corrected chi connectivity index (χ1v) is 16.8. The van der Waals surface area contributed by atoms with Crippen LogP contribution in [0.5, 0.6) is 0 Å². The van der Waals surface area contributed by atoms with Gasteiger partial charge in [0, 0.05) is 46.3 Å². The standard InChI is InChI=1S/C34H58O6/c1-6-31(2,3)30(35)40-34-21-27-19-32(23-34,38-28(36-4)17-25-13-9-7-10-14-25)22-33(20-27,24-34)39-29(37-5)18-26-15-11-8-12-16-26/h25-29H,6-24H2,1-5H3. The van der Waals surface area contributed by atoms with E-state index in [2.05, 4.69) is 6.92 Å². The van der Waals surface area contributed by atoms with Crippen LogP contribution in [0.3, 0.4) is 0 Å². The van der Waals surface area contributed by atoms with E-state index >= 15 is 0 Å². The fraction of sp³-hybridized carbons (Fsp3) is 0.971. The van der Waals surface area contributed by atoms with Gasteiger partial charge in [0.2, 0.25) is 0 Å². The number of ether oxygens (including phenoxy) is 5. The van der Waals surface area contributed by atoms with E-state index < -0.39 is 22.2 Å². The molecule has 0 N–H and O–H groups in total. The van der Waals surface area contributed by atoms with E-state index in [-0.39, 0.29) is 18.5 Å². The second-order valence-corrected chi connectivity index (χ2v) is 15.2. The van der Waals surface area contributed by atoms with Gasteiger partial charge in [-0.3, -0.25) is 4.79 Å². The van der Waals surface area contributed by atoms with E-state index in [1.165, 1.54) is 64.2 Å². The van der Waals surface area contributed by atoms with E-state index in [1.54, 1.807) is 14.2 Å². The quantitative estimate of drug-likeness (QED) is 0.167. The summed E-state index contributed by atoms with van der Waals surface area (Å²) >= 11 is 0. The van der Waals surface area contributed by atoms with Gasteiger partial charge in [-0.05, 0) is 57.3 Å². The highest BCUT2D eigenvalue weighted by molar-refractivity contribution is 5.76. The highest BCUT2D eigenvalue weighted by atomic mass is 16.7. The summed E-state index contributed by atoms with van der Waals surface area (Å²) in [6.07, 6.45) is 20.5. The molecule has 0 spiro atoms. The fourth-order valence-corrected chi connectivity index (χ4v) is 9.37. The Morgan fingerprint density at radius 3 is 1.57 bits per heavy atom. The number of carbonyl (C=O) groups excluding carboxylic acids is 1. The number of carbonyl (C=O) groups is 1. The Morgan fingerprint density at radius 2 is 1.15 bits per heavy atom. The monoisotopic (exact) mass is 562 g/mol. The SMILES string of the molecule is CCC(C)(C)C(=O)OC12CC3CC(OC(CC4CCCCC4)OC)(C1)CC(OC(CC1CCCCC1)OC)(C3)C2. The van der Waals surface area contributed by atoms with Crippen LogP contribution in [0, 0.1) is 23.2 Å². The maximum atomic E-state index is 13.5. The average molecular weight is 563 g/mol. The molecule has 6 saturated carbocycles. The van der Waals surface area contributed by atoms with Crippen LogP contribution >= 0.6 is 0 Å². The van der Waals surface area contributed by atoms with E-state index in [0.717, 1.165) is 57.8 Å². The highest BCUT2D eigenvalue weighted by Gasteiger charge is 2.67. The van der Waals surface area contributed by atoms with E-state index in [1.807, 2.05) is 13.8 Å². The van der Waals surface area contributed by atoms with Gasteiger partial charge < -0.3 is 23.7 Å². The molecule has 0 radical (unpaired) electrons. The van der Waals surface area contributed by atoms with Gasteiger partial charge in [-0.15, -0.1) is 0 Å². The molecule has 6 aliphatic carbocycles. The van der Waals surface area contributed by atoms with Crippen LogP contribution < -0.4 is 0 Å². The largest absolute Gasteiger partial charge is 0.458 e. The molecule has 40 heavy (non-hydrogen) atoms. The molecule has 0 saturated heterocycles. The normalized spacial score (nSPS) is 36.5. The minimum Gasteiger partial charge on any atom is -0.458 e. The zero-order valence-corrected chi connectivity index (χ0v) is 26.3. The molecule has 4 atom stereocenters. The van der Waals surface area contributed by atoms with Crippen molar-refractivity contribution in [2.75, 3.05) is 14.2 Å². The van der Waals surface area contributed by atoms with Gasteiger partial charge in [-0.25, -0.2) is 0 Å². The summed E-state index contributed by atoms with van der Waals surface area (Å²) in [5.41, 5.74) is -1.84. The van der Waals surface area contributed by atoms with Gasteiger partial charge in [-0.1, -0.05) is 71.1 Å². The Labute approximate surface area is 243 Å². The molecule has 0 aromatic heterocycles. The number of rotatable bonds is 13. The van der Waals surface area contributed by atoms with Crippen LogP contribution in [0.4, 0.5) is 0 Å². The molecule has 0 amide bonds. The molecule has 0 aliphatic heterocycles. The van der Waals surface area contributed by atoms with Crippen LogP contribution in [-0.2, 0) is 28.5 Å². The lowest BCUT2D eigenvalue weighted by atomic mass is 9.50. The fourth-order valence-electron chi connectivity index (χ4n) is 9.37. The molecule has 230 valence electrons. The second-order valence-electron chi connectivity index (χ2n) is 15.2. The maximum Gasteiger partial charge on any atom is 0.312 e. The van der Waals surface area contributed by atoms with Crippen molar-refractivity contribution in [1.82, 2.24) is 0 Å². The Balaban J connectivity index is 1.38. The molecular weight excluding hydrogens is 504 g/mol. The minimum atomic E-state index is -0.546. The smallest absolute Gasteiger partial charge is 0.312 e. The minimum absolute atomic E-state index is 0.0850. The molecule has 6 nitrogen and oxygen atoms in total. The van der Waals surface area contributed by atoms with Crippen molar-refractivity contribution in [3.8, 4) is 0 Å². The topological polar surface area (TPSA) is 63.2 Å². The average Bonchev–Trinajstić information content (AvgIpc) is 2.92. The molecular formula is C34H58O6. The van der Waals surface area contributed by atoms with Crippen molar-refractivity contribution in [3.05, 3.63) is 0 Å². The number of methoxy groups -OCH3 is 2. The summed E-state index contributed by atoms with van der Waals surface area (Å²) in [6.45, 7) is 6.08. The third-order valence-electron chi connectivity index (χ3n) is 11.5. The summed E-state index contributed by atoms with van der Waals surface area (Å²) in [7, 11) is 3.59. The Bertz CT molecular complexity index is 797. The molecule has 0 aromatic carbocycles. The molecule has 6 fully saturated rings. The predicted octanol–water partition coefficient (Wildman–Crippen LogP) is 8.10. The Hall–Kier alpha value is -0.690. The van der Waals surface area contributed by atoms with Crippen LogP contribution in [0.15, 0.2) is 0 Å². The lowest BCUT2D eigenvalue weighted by Gasteiger charge is -2.65. The van der Waals surface area contributed by atoms with Gasteiger partial charge in [0.05, 0.1) is 16.6 Å². The van der Waals surface area contributed by atoms with Gasteiger partial charge >= 0.3 is 5.97 Å². The summed E-state index contributed by atoms with van der Waals surface area (Å²) in [4.78, 5) is 13.5. The van der Waals surface area contributed by atoms with Crippen LogP contribution in [0.1, 0.15) is 143 Å². The van der Waals surface area contributed by atoms with Crippen molar-refractivity contribution in [1.29, 1.82) is 0 Å². The lowest BCUT2D eigenvalue weighted by Crippen LogP contribution is -2.69. The summed E-state index contributed by atoms with van der Waals surface area (Å²) in [6, 6.07) is 0. The van der Waals surface area contributed by atoms with Crippen LogP contribution in [-0.4, -0.2) is 49.6 Å². The number of esters is 1. The van der Waals surface area contributed by atoms with Gasteiger partial charge in [-0.2, -0.15) is 0 Å². The first-order chi connectivity index (χ1) is 19.1. The molecule has 4 unspecified atom stereocenters. The summed E-state index contributed by atoms with van der Waals surface area (Å²) in [5, 5.41) is 0. The van der Waals surface area contributed by atoms with Crippen molar-refractivity contribution < 1.29 is 28.5 Å². The zero-order valence-electron chi connectivity index (χ0n) is 26.3. The molecule has 0 heterocycles. The molecule has 4 bridgehead atoms. The highest BCUT2D eigenvalue weighted by Crippen LogP contribution is 2.64. The molecule has 6 aliphatic rings. The molecule has 6 rings (SSSR count). The van der Waals surface area contributed by atoms with Crippen molar-refractivity contribution in [3.63, 3.8) is 0 Å². The first kappa shape index (κ1) is 30.8. The lowest BCUT2D eigenvalue weighted by molar-refractivity contribution is -0.338. The Kier molecular flexibility index (Phi) is 9.61. The van der Waals surface area contributed by atoms with Gasteiger partial charge in [0.25, 0.3) is 0 Å². The summed E-state index contributed by atoms with van der Waals surface area (Å²) < 4.78 is 32.8. The molecule has 0 aromatic rings. The van der Waals surface area contributed by atoms with E-state index in [0.29, 0.717) is 17.8 Å². The third kappa shape index (κ3) is 6.92. The second kappa shape index (κ2) is 12.5. The predicted molar refractivity (Wildman–Crippen MR) is 156 cm³/mol. The zero-order chi connectivity index (χ0) is 28.4. The number of hydrogen-bond acceptors (Lipinski definition) is 6. The van der Waals surface area contributed by atoms with Crippen molar-refractivity contribution in [2.45, 2.75) is 172 Å². The van der Waals surface area contributed by atoms with Gasteiger partial charge in [0.15, 0.2) is 12.6 Å². The Morgan fingerprint density at radius 1 is 0.725 bits per heavy atom. The first-order valence-electron chi connectivity index (χ1n) is 16.8. The van der Waals surface area contributed by atoms with Gasteiger partial charge in [0.1, 0.15) is 5.60 Å².